The number of hydrogen-bond acceptors (Lipinski definition) is 2. The smallest absolute Gasteiger partial charge is 0.336 e. The van der Waals surface area contributed by atoms with Crippen LogP contribution in [0.1, 0.15) is 6.42 Å². The van der Waals surface area contributed by atoms with Crippen molar-refractivity contribution in [2.75, 3.05) is 33.2 Å². The number of carbonyl (C=O) groups excluding carboxylic acids is 1. The number of rotatable bonds is 2. The molecule has 1 heterocycles. The van der Waals surface area contributed by atoms with Crippen LogP contribution < -0.4 is 0 Å². The summed E-state index contributed by atoms with van der Waals surface area (Å²) in [4.78, 5) is 13.9. The van der Waals surface area contributed by atoms with E-state index in [1.54, 1.807) is 7.05 Å². The molecule has 0 unspecified atom stereocenters. The van der Waals surface area contributed by atoms with Gasteiger partial charge in [0.05, 0.1) is 0 Å². The first-order valence-electron chi connectivity index (χ1n) is 4.99. The quantitative estimate of drug-likeness (QED) is 0.676. The molecule has 0 saturated carbocycles. The first-order valence-corrected chi connectivity index (χ1v) is 4.99. The maximum absolute atomic E-state index is 12.8. The van der Waals surface area contributed by atoms with E-state index in [0.717, 1.165) is 4.90 Å². The molecule has 0 atom stereocenters. The molecule has 0 aliphatic carbocycles. The third-order valence-corrected chi connectivity index (χ3v) is 2.57. The van der Waals surface area contributed by atoms with Crippen molar-refractivity contribution in [1.29, 1.82) is 0 Å². The summed E-state index contributed by atoms with van der Waals surface area (Å²) in [6.45, 7) is 1.26. The van der Waals surface area contributed by atoms with Crippen molar-refractivity contribution in [3.63, 3.8) is 0 Å². The first-order chi connectivity index (χ1) is 7.35. The Balaban J connectivity index is 2.66. The van der Waals surface area contributed by atoms with Gasteiger partial charge in [0.25, 0.3) is 5.91 Å². The van der Waals surface area contributed by atoms with Crippen LogP contribution in [0.2, 0.25) is 0 Å². The highest BCUT2D eigenvalue weighted by molar-refractivity contribution is 5.84. The van der Waals surface area contributed by atoms with E-state index in [1.807, 2.05) is 4.90 Å². The summed E-state index contributed by atoms with van der Waals surface area (Å²) in [6.07, 6.45) is -3.43. The Morgan fingerprint density at radius 2 is 1.81 bits per heavy atom. The van der Waals surface area contributed by atoms with Gasteiger partial charge >= 0.3 is 12.3 Å². The average Bonchev–Trinajstić information content (AvgIpc) is 2.41. The van der Waals surface area contributed by atoms with E-state index >= 15 is 0 Å². The summed E-state index contributed by atoms with van der Waals surface area (Å²) < 4.78 is 49.6. The number of likely N-dealkylation sites (N-methyl/N-ethyl adjacent to an activating group) is 1. The lowest BCUT2D eigenvalue weighted by Crippen LogP contribution is -2.48. The van der Waals surface area contributed by atoms with Crippen LogP contribution in [0.25, 0.3) is 0 Å². The Kier molecular flexibility index (Phi) is 4.12. The fraction of sp³-hybridized carbons (Fsp3) is 0.889. The van der Waals surface area contributed by atoms with E-state index < -0.39 is 18.3 Å². The van der Waals surface area contributed by atoms with Crippen molar-refractivity contribution in [1.82, 2.24) is 9.80 Å². The lowest BCUT2D eigenvalue weighted by molar-refractivity contribution is -0.180. The van der Waals surface area contributed by atoms with Gasteiger partial charge in [0.2, 0.25) is 0 Å². The first kappa shape index (κ1) is 13.2. The van der Waals surface area contributed by atoms with Gasteiger partial charge in [0.15, 0.2) is 0 Å². The minimum Gasteiger partial charge on any atom is -0.336 e. The zero-order valence-electron chi connectivity index (χ0n) is 8.93. The zero-order chi connectivity index (χ0) is 12.3. The van der Waals surface area contributed by atoms with Gasteiger partial charge in [-0.05, 0) is 20.0 Å². The van der Waals surface area contributed by atoms with E-state index in [9.17, 15) is 22.4 Å². The van der Waals surface area contributed by atoms with Crippen LogP contribution in [0.4, 0.5) is 17.6 Å². The van der Waals surface area contributed by atoms with E-state index in [0.29, 0.717) is 19.5 Å². The molecule has 3 nitrogen and oxygen atoms in total. The maximum Gasteiger partial charge on any atom is 0.383 e. The van der Waals surface area contributed by atoms with Gasteiger partial charge < -0.3 is 9.80 Å². The third-order valence-electron chi connectivity index (χ3n) is 2.57. The predicted molar refractivity (Wildman–Crippen MR) is 49.6 cm³/mol. The van der Waals surface area contributed by atoms with Gasteiger partial charge in [-0.15, -0.1) is 0 Å². The topological polar surface area (TPSA) is 23.6 Å². The molecule has 1 rings (SSSR count). The molecule has 0 N–H and O–H groups in total. The van der Waals surface area contributed by atoms with Crippen LogP contribution in [0.5, 0.6) is 0 Å². The summed E-state index contributed by atoms with van der Waals surface area (Å²) in [7, 11) is 1.79. The van der Waals surface area contributed by atoms with E-state index in [1.165, 1.54) is 0 Å². The largest absolute Gasteiger partial charge is 0.383 e. The predicted octanol–water partition coefficient (Wildman–Crippen LogP) is 1.05. The summed E-state index contributed by atoms with van der Waals surface area (Å²) >= 11 is 0. The highest BCUT2D eigenvalue weighted by Crippen LogP contribution is 2.25. The van der Waals surface area contributed by atoms with Crippen molar-refractivity contribution in [3.8, 4) is 0 Å². The van der Waals surface area contributed by atoms with Gasteiger partial charge in [-0.3, -0.25) is 4.79 Å². The molecule has 1 fully saturated rings. The minimum absolute atomic E-state index is 0.0671. The molecular formula is C9H14F4N2O. The number of alkyl halides is 4. The molecule has 1 aliphatic rings. The summed E-state index contributed by atoms with van der Waals surface area (Å²) in [5, 5.41) is 0. The number of nitrogens with zero attached hydrogens (tertiary/aromatic N) is 2. The van der Waals surface area contributed by atoms with E-state index in [2.05, 4.69) is 0 Å². The highest BCUT2D eigenvalue weighted by atomic mass is 19.3. The molecule has 0 radical (unpaired) electrons. The fourth-order valence-electron chi connectivity index (χ4n) is 1.55. The fourth-order valence-corrected chi connectivity index (χ4v) is 1.55. The zero-order valence-corrected chi connectivity index (χ0v) is 8.93. The van der Waals surface area contributed by atoms with Crippen LogP contribution in [-0.2, 0) is 4.79 Å². The molecule has 16 heavy (non-hydrogen) atoms. The van der Waals surface area contributed by atoms with Crippen molar-refractivity contribution < 1.29 is 22.4 Å². The second-order valence-electron chi connectivity index (χ2n) is 3.87. The molecule has 0 bridgehead atoms. The van der Waals surface area contributed by atoms with Crippen molar-refractivity contribution in [3.05, 3.63) is 0 Å². The second-order valence-corrected chi connectivity index (χ2v) is 3.87. The SMILES string of the molecule is CN1CCCN(C(=O)C(F)(F)C(F)F)CC1. The Bertz CT molecular complexity index is 260. The monoisotopic (exact) mass is 242 g/mol. The molecule has 1 saturated heterocycles. The molecule has 0 aromatic rings. The Labute approximate surface area is 91.0 Å². The molecule has 1 amide bonds. The van der Waals surface area contributed by atoms with Crippen LogP contribution in [0.15, 0.2) is 0 Å². The Morgan fingerprint density at radius 3 is 2.38 bits per heavy atom. The van der Waals surface area contributed by atoms with Crippen molar-refractivity contribution >= 4 is 5.91 Å². The van der Waals surface area contributed by atoms with Crippen molar-refractivity contribution in [2.45, 2.75) is 18.8 Å². The van der Waals surface area contributed by atoms with E-state index in [-0.39, 0.29) is 13.1 Å². The number of amides is 1. The summed E-state index contributed by atoms with van der Waals surface area (Å²) in [6, 6.07) is 0. The van der Waals surface area contributed by atoms with Crippen LogP contribution in [0, 0.1) is 0 Å². The molecule has 7 heteroatoms. The molecule has 0 aromatic heterocycles. The van der Waals surface area contributed by atoms with Gasteiger partial charge in [-0.1, -0.05) is 0 Å². The minimum atomic E-state index is -4.57. The molecule has 0 aromatic carbocycles. The molecule has 0 spiro atoms. The third kappa shape index (κ3) is 2.84. The molecule has 1 aliphatic heterocycles. The van der Waals surface area contributed by atoms with E-state index in [4.69, 9.17) is 0 Å². The van der Waals surface area contributed by atoms with Gasteiger partial charge in [-0.2, -0.15) is 8.78 Å². The van der Waals surface area contributed by atoms with Gasteiger partial charge in [0, 0.05) is 19.6 Å². The maximum atomic E-state index is 12.8. The summed E-state index contributed by atoms with van der Waals surface area (Å²) in [5.74, 6) is -6.33. The summed E-state index contributed by atoms with van der Waals surface area (Å²) in [5.41, 5.74) is 0. The standard InChI is InChI=1S/C9H14F4N2O/c1-14-3-2-4-15(6-5-14)8(16)9(12,13)7(10)11/h7H,2-6H2,1H3. The van der Waals surface area contributed by atoms with Gasteiger partial charge in [0.1, 0.15) is 0 Å². The van der Waals surface area contributed by atoms with Crippen LogP contribution >= 0.6 is 0 Å². The highest BCUT2D eigenvalue weighted by Gasteiger charge is 2.51. The van der Waals surface area contributed by atoms with Crippen LogP contribution in [0.3, 0.4) is 0 Å². The molecular weight excluding hydrogens is 228 g/mol. The lowest BCUT2D eigenvalue weighted by Gasteiger charge is -2.25. The number of halogens is 4. The normalized spacial score (nSPS) is 20.0. The second kappa shape index (κ2) is 4.99. The number of hydrogen-bond donors (Lipinski definition) is 0. The van der Waals surface area contributed by atoms with Gasteiger partial charge in [-0.25, -0.2) is 8.78 Å². The Hall–Kier alpha value is -0.850. The molecule has 94 valence electrons. The number of carbonyl (C=O) groups is 1. The average molecular weight is 242 g/mol. The lowest BCUT2D eigenvalue weighted by atomic mass is 10.2. The van der Waals surface area contributed by atoms with Crippen molar-refractivity contribution in [2.24, 2.45) is 0 Å². The van der Waals surface area contributed by atoms with Crippen LogP contribution in [-0.4, -0.2) is 61.3 Å². The Morgan fingerprint density at radius 1 is 1.19 bits per heavy atom.